The molecule has 1 N–H and O–H groups in total. The largest absolute Gasteiger partial charge is 0.351 e. The van der Waals surface area contributed by atoms with Crippen LogP contribution in [0.15, 0.2) is 24.3 Å². The Morgan fingerprint density at radius 1 is 1.39 bits per heavy atom. The SMILES string of the molecule is CCC(C)(CCCl)NC(=O)Cc1ccccc1Cl. The highest BCUT2D eigenvalue weighted by Crippen LogP contribution is 2.18. The second kappa shape index (κ2) is 7.01. The number of nitrogens with one attached hydrogen (secondary N) is 1. The second-order valence-corrected chi connectivity index (χ2v) is 5.45. The Bertz CT molecular complexity index is 409. The first-order valence-corrected chi connectivity index (χ1v) is 7.02. The third-order valence-corrected chi connectivity index (χ3v) is 3.73. The molecule has 0 bridgehead atoms. The van der Waals surface area contributed by atoms with E-state index >= 15 is 0 Å². The number of alkyl halides is 1. The number of amides is 1. The molecule has 2 nitrogen and oxygen atoms in total. The molecule has 1 unspecified atom stereocenters. The van der Waals surface area contributed by atoms with Crippen molar-refractivity contribution in [3.63, 3.8) is 0 Å². The maximum atomic E-state index is 12.0. The van der Waals surface area contributed by atoms with Gasteiger partial charge in [-0.25, -0.2) is 0 Å². The minimum absolute atomic E-state index is 0.0161. The fraction of sp³-hybridized carbons (Fsp3) is 0.500. The zero-order valence-electron chi connectivity index (χ0n) is 10.8. The minimum atomic E-state index is -0.236. The van der Waals surface area contributed by atoms with Crippen LogP contribution in [-0.2, 0) is 11.2 Å². The van der Waals surface area contributed by atoms with Crippen LogP contribution in [-0.4, -0.2) is 17.3 Å². The number of halogens is 2. The van der Waals surface area contributed by atoms with E-state index in [2.05, 4.69) is 5.32 Å². The maximum absolute atomic E-state index is 12.0. The highest BCUT2D eigenvalue weighted by molar-refractivity contribution is 6.31. The van der Waals surface area contributed by atoms with Crippen LogP contribution in [0.2, 0.25) is 5.02 Å². The maximum Gasteiger partial charge on any atom is 0.224 e. The molecule has 100 valence electrons. The van der Waals surface area contributed by atoms with E-state index in [0.717, 1.165) is 18.4 Å². The lowest BCUT2D eigenvalue weighted by molar-refractivity contribution is -0.122. The molecular formula is C14H19Cl2NO. The van der Waals surface area contributed by atoms with Gasteiger partial charge < -0.3 is 5.32 Å². The molecule has 4 heteroatoms. The Morgan fingerprint density at radius 3 is 2.61 bits per heavy atom. The van der Waals surface area contributed by atoms with Gasteiger partial charge in [0.1, 0.15) is 0 Å². The second-order valence-electron chi connectivity index (χ2n) is 4.67. The van der Waals surface area contributed by atoms with Crippen LogP contribution in [0.1, 0.15) is 32.3 Å². The molecule has 1 atom stereocenters. The highest BCUT2D eigenvalue weighted by Gasteiger charge is 2.23. The Labute approximate surface area is 119 Å². The van der Waals surface area contributed by atoms with Gasteiger partial charge in [-0.1, -0.05) is 36.7 Å². The molecule has 0 aliphatic heterocycles. The molecule has 1 aromatic rings. The Kier molecular flexibility index (Phi) is 5.97. The fourth-order valence-electron chi connectivity index (χ4n) is 1.73. The first-order valence-electron chi connectivity index (χ1n) is 6.11. The Hall–Kier alpha value is -0.730. The molecule has 0 spiro atoms. The van der Waals surface area contributed by atoms with Gasteiger partial charge in [-0.15, -0.1) is 11.6 Å². The third-order valence-electron chi connectivity index (χ3n) is 3.18. The van der Waals surface area contributed by atoms with Gasteiger partial charge >= 0.3 is 0 Å². The van der Waals surface area contributed by atoms with Crippen LogP contribution in [0.5, 0.6) is 0 Å². The van der Waals surface area contributed by atoms with Crippen molar-refractivity contribution >= 4 is 29.1 Å². The van der Waals surface area contributed by atoms with Crippen LogP contribution in [0.4, 0.5) is 0 Å². The number of benzene rings is 1. The molecular weight excluding hydrogens is 269 g/mol. The summed E-state index contributed by atoms with van der Waals surface area (Å²) in [6.07, 6.45) is 1.92. The Morgan fingerprint density at radius 2 is 2.06 bits per heavy atom. The van der Waals surface area contributed by atoms with Gasteiger partial charge in [0.05, 0.1) is 6.42 Å². The standard InChI is InChI=1S/C14H19Cl2NO/c1-3-14(2,8-9-15)17-13(18)10-11-6-4-5-7-12(11)16/h4-7H,3,8-10H2,1-2H3,(H,17,18). The van der Waals surface area contributed by atoms with Crippen LogP contribution >= 0.6 is 23.2 Å². The minimum Gasteiger partial charge on any atom is -0.351 e. The molecule has 0 aliphatic rings. The summed E-state index contributed by atoms with van der Waals surface area (Å²) in [6.45, 7) is 4.06. The van der Waals surface area contributed by atoms with Crippen molar-refractivity contribution < 1.29 is 4.79 Å². The normalized spacial score (nSPS) is 14.0. The molecule has 0 radical (unpaired) electrons. The van der Waals surface area contributed by atoms with Crippen molar-refractivity contribution in [3.05, 3.63) is 34.9 Å². The number of carbonyl (C=O) groups is 1. The fourth-order valence-corrected chi connectivity index (χ4v) is 2.35. The predicted molar refractivity (Wildman–Crippen MR) is 77.3 cm³/mol. The Balaban J connectivity index is 2.64. The van der Waals surface area contributed by atoms with Gasteiger partial charge in [-0.05, 0) is 31.4 Å². The smallest absolute Gasteiger partial charge is 0.224 e. The average Bonchev–Trinajstić information content (AvgIpc) is 2.32. The monoisotopic (exact) mass is 287 g/mol. The first-order chi connectivity index (χ1) is 8.50. The van der Waals surface area contributed by atoms with Gasteiger partial charge in [-0.2, -0.15) is 0 Å². The van der Waals surface area contributed by atoms with Crippen LogP contribution in [0.3, 0.4) is 0 Å². The molecule has 1 amide bonds. The number of rotatable bonds is 6. The van der Waals surface area contributed by atoms with Crippen molar-refractivity contribution in [2.45, 2.75) is 38.6 Å². The summed E-state index contributed by atoms with van der Waals surface area (Å²) in [6, 6.07) is 7.40. The quantitative estimate of drug-likeness (QED) is 0.793. The van der Waals surface area contributed by atoms with E-state index in [1.165, 1.54) is 0 Å². The van der Waals surface area contributed by atoms with Crippen LogP contribution < -0.4 is 5.32 Å². The zero-order valence-corrected chi connectivity index (χ0v) is 12.3. The first kappa shape index (κ1) is 15.3. The van der Waals surface area contributed by atoms with Crippen molar-refractivity contribution in [2.24, 2.45) is 0 Å². The van der Waals surface area contributed by atoms with Crippen molar-refractivity contribution in [2.75, 3.05) is 5.88 Å². The van der Waals surface area contributed by atoms with Crippen molar-refractivity contribution in [1.82, 2.24) is 5.32 Å². The lowest BCUT2D eigenvalue weighted by atomic mass is 9.95. The van der Waals surface area contributed by atoms with E-state index in [0.29, 0.717) is 17.3 Å². The summed E-state index contributed by atoms with van der Waals surface area (Å²) in [5, 5.41) is 3.67. The number of hydrogen-bond acceptors (Lipinski definition) is 1. The zero-order chi connectivity index (χ0) is 13.6. The van der Waals surface area contributed by atoms with Gasteiger partial charge in [-0.3, -0.25) is 4.79 Å². The third kappa shape index (κ3) is 4.51. The lowest BCUT2D eigenvalue weighted by Gasteiger charge is -2.29. The van der Waals surface area contributed by atoms with E-state index in [4.69, 9.17) is 23.2 Å². The van der Waals surface area contributed by atoms with E-state index in [1.54, 1.807) is 6.07 Å². The summed E-state index contributed by atoms with van der Waals surface area (Å²) in [7, 11) is 0. The molecule has 0 saturated carbocycles. The molecule has 1 rings (SSSR count). The molecule has 18 heavy (non-hydrogen) atoms. The average molecular weight is 288 g/mol. The topological polar surface area (TPSA) is 29.1 Å². The summed E-state index contributed by atoms with van der Waals surface area (Å²) < 4.78 is 0. The van der Waals surface area contributed by atoms with Crippen LogP contribution in [0.25, 0.3) is 0 Å². The van der Waals surface area contributed by atoms with E-state index in [-0.39, 0.29) is 11.4 Å². The van der Waals surface area contributed by atoms with Gasteiger partial charge in [0.2, 0.25) is 5.91 Å². The highest BCUT2D eigenvalue weighted by atomic mass is 35.5. The van der Waals surface area contributed by atoms with Gasteiger partial charge in [0.25, 0.3) is 0 Å². The van der Waals surface area contributed by atoms with Gasteiger partial charge in [0, 0.05) is 16.4 Å². The molecule has 0 saturated heterocycles. The van der Waals surface area contributed by atoms with Crippen molar-refractivity contribution in [3.8, 4) is 0 Å². The molecule has 0 aromatic heterocycles. The lowest BCUT2D eigenvalue weighted by Crippen LogP contribution is -2.46. The van der Waals surface area contributed by atoms with Crippen molar-refractivity contribution in [1.29, 1.82) is 0 Å². The van der Waals surface area contributed by atoms with Gasteiger partial charge in [0.15, 0.2) is 0 Å². The number of hydrogen-bond donors (Lipinski definition) is 1. The van der Waals surface area contributed by atoms with E-state index < -0.39 is 0 Å². The van der Waals surface area contributed by atoms with Crippen LogP contribution in [0, 0.1) is 0 Å². The molecule has 1 aromatic carbocycles. The predicted octanol–water partition coefficient (Wildman–Crippen LogP) is 3.80. The summed E-state index contributed by atoms with van der Waals surface area (Å²) in [5.74, 6) is 0.522. The summed E-state index contributed by atoms with van der Waals surface area (Å²) >= 11 is 11.8. The molecule has 0 heterocycles. The van der Waals surface area contributed by atoms with E-state index in [1.807, 2.05) is 32.0 Å². The van der Waals surface area contributed by atoms with E-state index in [9.17, 15) is 4.79 Å². The molecule has 0 aliphatic carbocycles. The summed E-state index contributed by atoms with van der Waals surface area (Å²) in [4.78, 5) is 12.0. The number of carbonyl (C=O) groups excluding carboxylic acids is 1. The summed E-state index contributed by atoms with van der Waals surface area (Å²) in [5.41, 5.74) is 0.612. The molecule has 0 fully saturated rings.